The van der Waals surface area contributed by atoms with Crippen LogP contribution in [0.15, 0.2) is 76.3 Å². The average molecular weight is 428 g/mol. The predicted molar refractivity (Wildman–Crippen MR) is 124 cm³/mol. The molecular formula is C25H24N4O3. The Morgan fingerprint density at radius 1 is 1.00 bits per heavy atom. The SMILES string of the molecule is Cc1cc(C)c2c(=O)n(CC(=O)NC(C)c3ccccc3)c(=O)n(-c3ccccc3)c2n1. The summed E-state index contributed by atoms with van der Waals surface area (Å²) < 4.78 is 2.37. The van der Waals surface area contributed by atoms with Gasteiger partial charge in [0, 0.05) is 5.69 Å². The highest BCUT2D eigenvalue weighted by atomic mass is 16.2. The van der Waals surface area contributed by atoms with Gasteiger partial charge in [-0.1, -0.05) is 48.5 Å². The van der Waals surface area contributed by atoms with Gasteiger partial charge >= 0.3 is 5.69 Å². The topological polar surface area (TPSA) is 86.0 Å². The smallest absolute Gasteiger partial charge is 0.337 e. The largest absolute Gasteiger partial charge is 0.348 e. The van der Waals surface area contributed by atoms with E-state index >= 15 is 0 Å². The molecule has 2 aromatic heterocycles. The molecule has 2 heterocycles. The van der Waals surface area contributed by atoms with E-state index in [1.807, 2.05) is 50.2 Å². The molecule has 0 spiro atoms. The Morgan fingerprint density at radius 2 is 1.62 bits per heavy atom. The number of nitrogens with zero attached hydrogens (tertiary/aromatic N) is 3. The van der Waals surface area contributed by atoms with Crippen molar-refractivity contribution in [3.8, 4) is 5.69 Å². The van der Waals surface area contributed by atoms with Crippen LogP contribution in [0.3, 0.4) is 0 Å². The molecule has 0 aliphatic heterocycles. The number of benzene rings is 2. The predicted octanol–water partition coefficient (Wildman–Crippen LogP) is 3.04. The van der Waals surface area contributed by atoms with E-state index in [2.05, 4.69) is 10.3 Å². The van der Waals surface area contributed by atoms with E-state index in [9.17, 15) is 14.4 Å². The molecule has 1 N–H and O–H groups in total. The first kappa shape index (κ1) is 21.2. The van der Waals surface area contributed by atoms with Gasteiger partial charge in [-0.25, -0.2) is 18.9 Å². The van der Waals surface area contributed by atoms with Crippen LogP contribution in [0.5, 0.6) is 0 Å². The molecule has 0 aliphatic carbocycles. The van der Waals surface area contributed by atoms with Gasteiger partial charge in [0.2, 0.25) is 5.91 Å². The number of aromatic nitrogens is 3. The Labute approximate surface area is 185 Å². The first-order valence-electron chi connectivity index (χ1n) is 10.4. The molecule has 7 nitrogen and oxygen atoms in total. The first-order chi connectivity index (χ1) is 15.4. The van der Waals surface area contributed by atoms with Crippen LogP contribution in [0.4, 0.5) is 0 Å². The number of aryl methyl sites for hydroxylation is 2. The Kier molecular flexibility index (Phi) is 5.73. The fourth-order valence-electron chi connectivity index (χ4n) is 3.88. The second kappa shape index (κ2) is 8.63. The molecule has 4 aromatic rings. The van der Waals surface area contributed by atoms with Crippen LogP contribution >= 0.6 is 0 Å². The second-order valence-electron chi connectivity index (χ2n) is 7.82. The maximum Gasteiger partial charge on any atom is 0.337 e. The van der Waals surface area contributed by atoms with Gasteiger partial charge in [-0.3, -0.25) is 9.59 Å². The minimum absolute atomic E-state index is 0.262. The zero-order chi connectivity index (χ0) is 22.8. The summed E-state index contributed by atoms with van der Waals surface area (Å²) in [4.78, 5) is 44.0. The van der Waals surface area contributed by atoms with Crippen molar-refractivity contribution < 1.29 is 4.79 Å². The van der Waals surface area contributed by atoms with Crippen molar-refractivity contribution in [1.29, 1.82) is 0 Å². The molecule has 1 amide bonds. The lowest BCUT2D eigenvalue weighted by Crippen LogP contribution is -2.44. The van der Waals surface area contributed by atoms with Crippen LogP contribution in [0, 0.1) is 13.8 Å². The highest BCUT2D eigenvalue weighted by Gasteiger charge is 2.20. The summed E-state index contributed by atoms with van der Waals surface area (Å²) in [6, 6.07) is 20.0. The number of rotatable bonds is 5. The van der Waals surface area contributed by atoms with Gasteiger partial charge in [-0.2, -0.15) is 0 Å². The van der Waals surface area contributed by atoms with E-state index < -0.39 is 17.2 Å². The number of fused-ring (bicyclic) bond motifs is 1. The zero-order valence-corrected chi connectivity index (χ0v) is 18.2. The molecule has 1 atom stereocenters. The Hall–Kier alpha value is -4.00. The standard InChI is InChI=1S/C25H24N4O3/c1-16-14-17(2)26-23-22(16)24(31)28(25(32)29(23)20-12-8-5-9-13-20)15-21(30)27-18(3)19-10-6-4-7-11-19/h4-14,18H,15H2,1-3H3,(H,27,30). The summed E-state index contributed by atoms with van der Waals surface area (Å²) in [6.45, 7) is 5.09. The maximum absolute atomic E-state index is 13.4. The highest BCUT2D eigenvalue weighted by Crippen LogP contribution is 2.16. The number of carbonyl (C=O) groups excluding carboxylic acids is 1. The molecule has 32 heavy (non-hydrogen) atoms. The number of nitrogens with one attached hydrogen (secondary N) is 1. The average Bonchev–Trinajstić information content (AvgIpc) is 2.77. The first-order valence-corrected chi connectivity index (χ1v) is 10.4. The molecule has 2 aromatic carbocycles. The van der Waals surface area contributed by atoms with Crippen molar-refractivity contribution in [3.05, 3.63) is 104 Å². The van der Waals surface area contributed by atoms with E-state index in [4.69, 9.17) is 0 Å². The van der Waals surface area contributed by atoms with Crippen molar-refractivity contribution in [2.75, 3.05) is 0 Å². The van der Waals surface area contributed by atoms with E-state index in [-0.39, 0.29) is 18.2 Å². The number of hydrogen-bond donors (Lipinski definition) is 1. The van der Waals surface area contributed by atoms with Gasteiger partial charge < -0.3 is 5.32 Å². The van der Waals surface area contributed by atoms with Crippen molar-refractivity contribution in [2.24, 2.45) is 0 Å². The fraction of sp³-hybridized carbons (Fsp3) is 0.200. The number of carbonyl (C=O) groups is 1. The lowest BCUT2D eigenvalue weighted by atomic mass is 10.1. The van der Waals surface area contributed by atoms with Crippen molar-refractivity contribution in [2.45, 2.75) is 33.4 Å². The van der Waals surface area contributed by atoms with Gasteiger partial charge in [-0.05, 0) is 50.1 Å². The zero-order valence-electron chi connectivity index (χ0n) is 18.2. The highest BCUT2D eigenvalue weighted by molar-refractivity contribution is 5.81. The molecule has 0 fully saturated rings. The quantitative estimate of drug-likeness (QED) is 0.529. The minimum atomic E-state index is -0.603. The molecule has 0 bridgehead atoms. The summed E-state index contributed by atoms with van der Waals surface area (Å²) in [5.74, 6) is -0.419. The van der Waals surface area contributed by atoms with Gasteiger partial charge in [0.1, 0.15) is 6.54 Å². The van der Waals surface area contributed by atoms with E-state index in [1.54, 1.807) is 37.3 Å². The van der Waals surface area contributed by atoms with Crippen LogP contribution < -0.4 is 16.6 Å². The summed E-state index contributed by atoms with van der Waals surface area (Å²) in [7, 11) is 0. The molecule has 7 heteroatoms. The molecule has 0 aliphatic rings. The molecule has 0 radical (unpaired) electrons. The van der Waals surface area contributed by atoms with Crippen molar-refractivity contribution in [3.63, 3.8) is 0 Å². The van der Waals surface area contributed by atoms with Crippen molar-refractivity contribution >= 4 is 16.9 Å². The third-order valence-corrected chi connectivity index (χ3v) is 5.41. The summed E-state index contributed by atoms with van der Waals surface area (Å²) in [5.41, 5.74) is 2.08. The monoisotopic (exact) mass is 428 g/mol. The molecule has 0 saturated heterocycles. The van der Waals surface area contributed by atoms with Gasteiger partial charge in [-0.15, -0.1) is 0 Å². The molecule has 0 saturated carbocycles. The summed E-state index contributed by atoms with van der Waals surface area (Å²) in [6.07, 6.45) is 0. The lowest BCUT2D eigenvalue weighted by molar-refractivity contribution is -0.122. The second-order valence-corrected chi connectivity index (χ2v) is 7.82. The van der Waals surface area contributed by atoms with Crippen LogP contribution in [-0.4, -0.2) is 20.0 Å². The fourth-order valence-corrected chi connectivity index (χ4v) is 3.88. The summed E-state index contributed by atoms with van der Waals surface area (Å²) >= 11 is 0. The van der Waals surface area contributed by atoms with E-state index in [1.165, 1.54) is 4.57 Å². The van der Waals surface area contributed by atoms with Crippen LogP contribution in [0.2, 0.25) is 0 Å². The van der Waals surface area contributed by atoms with E-state index in [0.717, 1.165) is 10.1 Å². The Balaban J connectivity index is 1.83. The molecule has 1 unspecified atom stereocenters. The number of hydrogen-bond acceptors (Lipinski definition) is 4. The Bertz CT molecular complexity index is 1410. The van der Waals surface area contributed by atoms with Crippen LogP contribution in [0.25, 0.3) is 16.7 Å². The normalized spacial score (nSPS) is 12.0. The Morgan fingerprint density at radius 3 is 2.28 bits per heavy atom. The third kappa shape index (κ3) is 3.97. The molecular weight excluding hydrogens is 404 g/mol. The van der Waals surface area contributed by atoms with E-state index in [0.29, 0.717) is 22.3 Å². The van der Waals surface area contributed by atoms with Gasteiger partial charge in [0.25, 0.3) is 5.56 Å². The van der Waals surface area contributed by atoms with Crippen molar-refractivity contribution in [1.82, 2.24) is 19.4 Å². The van der Waals surface area contributed by atoms with Crippen LogP contribution in [0.1, 0.15) is 29.8 Å². The van der Waals surface area contributed by atoms with Gasteiger partial charge in [0.15, 0.2) is 5.65 Å². The lowest BCUT2D eigenvalue weighted by Gasteiger charge is -2.17. The summed E-state index contributed by atoms with van der Waals surface area (Å²) in [5, 5.41) is 3.19. The maximum atomic E-state index is 13.4. The number of pyridine rings is 1. The minimum Gasteiger partial charge on any atom is -0.348 e. The number of para-hydroxylation sites is 1. The molecule has 4 rings (SSSR count). The third-order valence-electron chi connectivity index (χ3n) is 5.41. The molecule has 162 valence electrons. The van der Waals surface area contributed by atoms with Gasteiger partial charge in [0.05, 0.1) is 17.1 Å². The number of amides is 1. The van der Waals surface area contributed by atoms with Crippen LogP contribution in [-0.2, 0) is 11.3 Å².